The Kier molecular flexibility index (Phi) is 5.14. The van der Waals surface area contributed by atoms with Crippen molar-refractivity contribution in [1.82, 2.24) is 15.2 Å². The number of terminal acetylenes is 1. The van der Waals surface area contributed by atoms with Crippen LogP contribution in [-0.2, 0) is 4.79 Å². The summed E-state index contributed by atoms with van der Waals surface area (Å²) < 4.78 is 0. The Labute approximate surface area is 124 Å². The summed E-state index contributed by atoms with van der Waals surface area (Å²) in [6.07, 6.45) is 6.79. The molecule has 1 aliphatic heterocycles. The topological polar surface area (TPSA) is 72.3 Å². The molecule has 108 valence electrons. The molecule has 0 saturated carbocycles. The van der Waals surface area contributed by atoms with E-state index in [4.69, 9.17) is 11.7 Å². The summed E-state index contributed by atoms with van der Waals surface area (Å²) in [7, 11) is 0. The van der Waals surface area contributed by atoms with Gasteiger partial charge in [0.1, 0.15) is 11.9 Å². The summed E-state index contributed by atoms with van der Waals surface area (Å²) in [6.45, 7) is 3.61. The van der Waals surface area contributed by atoms with E-state index in [9.17, 15) is 4.79 Å². The molecule has 0 aliphatic carbocycles. The number of nitrogens with one attached hydrogen (secondary N) is 1. The number of hydrogen-bond donors (Lipinski definition) is 1. The van der Waals surface area contributed by atoms with Gasteiger partial charge in [0.15, 0.2) is 0 Å². The van der Waals surface area contributed by atoms with Crippen LogP contribution in [-0.4, -0.2) is 55.1 Å². The van der Waals surface area contributed by atoms with Crippen molar-refractivity contribution in [2.24, 2.45) is 0 Å². The van der Waals surface area contributed by atoms with Gasteiger partial charge in [0.2, 0.25) is 5.91 Å². The van der Waals surface area contributed by atoms with Gasteiger partial charge in [-0.2, -0.15) is 5.26 Å². The average molecular weight is 283 g/mol. The van der Waals surface area contributed by atoms with Gasteiger partial charge in [-0.3, -0.25) is 9.69 Å². The third-order valence-electron chi connectivity index (χ3n) is 3.33. The predicted octanol–water partition coefficient (Wildman–Crippen LogP) is -0.175. The highest BCUT2D eigenvalue weighted by Gasteiger charge is 2.21. The van der Waals surface area contributed by atoms with Crippen LogP contribution in [0.1, 0.15) is 5.56 Å². The minimum absolute atomic E-state index is 0.0584. The second-order valence-corrected chi connectivity index (χ2v) is 4.73. The smallest absolute Gasteiger partial charge is 0.234 e. The first-order valence-electron chi connectivity index (χ1n) is 6.77. The van der Waals surface area contributed by atoms with Crippen LogP contribution in [0.2, 0.25) is 0 Å². The molecule has 21 heavy (non-hydrogen) atoms. The zero-order valence-corrected chi connectivity index (χ0v) is 11.7. The van der Waals surface area contributed by atoms with Crippen molar-refractivity contribution < 1.29 is 4.79 Å². The molecule has 1 fully saturated rings. The maximum absolute atomic E-state index is 11.6. The minimum Gasteiger partial charge on any atom is -0.353 e. The van der Waals surface area contributed by atoms with Crippen LogP contribution in [0.4, 0.5) is 5.82 Å². The normalized spacial score (nSPS) is 15.0. The molecule has 1 aromatic heterocycles. The largest absolute Gasteiger partial charge is 0.353 e. The standard InChI is InChI=1S/C15H17N5O/c1-2-5-17-14(21)12-19-7-9-20(10-8-19)15-13(11-16)4-3-6-18-15/h1,3-4,6H,5,7-10,12H2,(H,17,21). The molecule has 1 saturated heterocycles. The van der Waals surface area contributed by atoms with Crippen molar-refractivity contribution in [2.45, 2.75) is 0 Å². The fourth-order valence-corrected chi connectivity index (χ4v) is 2.26. The average Bonchev–Trinajstić information content (AvgIpc) is 2.53. The summed E-state index contributed by atoms with van der Waals surface area (Å²) in [5.41, 5.74) is 0.581. The summed E-state index contributed by atoms with van der Waals surface area (Å²) in [5, 5.41) is 11.8. The van der Waals surface area contributed by atoms with Gasteiger partial charge < -0.3 is 10.2 Å². The number of amides is 1. The Morgan fingerprint density at radius 3 is 2.86 bits per heavy atom. The van der Waals surface area contributed by atoms with Crippen LogP contribution in [0.3, 0.4) is 0 Å². The third-order valence-corrected chi connectivity index (χ3v) is 3.33. The van der Waals surface area contributed by atoms with Gasteiger partial charge in [-0.25, -0.2) is 4.98 Å². The Morgan fingerprint density at radius 1 is 1.43 bits per heavy atom. The number of pyridine rings is 1. The molecule has 0 bridgehead atoms. The van der Waals surface area contributed by atoms with Gasteiger partial charge in [0.25, 0.3) is 0 Å². The van der Waals surface area contributed by atoms with E-state index in [0.717, 1.165) is 32.0 Å². The fraction of sp³-hybridized carbons (Fsp3) is 0.400. The van der Waals surface area contributed by atoms with Crippen molar-refractivity contribution in [3.8, 4) is 18.4 Å². The van der Waals surface area contributed by atoms with Crippen LogP contribution in [0.15, 0.2) is 18.3 Å². The molecule has 0 spiro atoms. The second kappa shape index (κ2) is 7.28. The van der Waals surface area contributed by atoms with E-state index in [1.165, 1.54) is 0 Å². The molecular formula is C15H17N5O. The second-order valence-electron chi connectivity index (χ2n) is 4.73. The fourth-order valence-electron chi connectivity index (χ4n) is 2.26. The lowest BCUT2D eigenvalue weighted by Crippen LogP contribution is -2.50. The van der Waals surface area contributed by atoms with Gasteiger partial charge in [-0.05, 0) is 12.1 Å². The van der Waals surface area contributed by atoms with E-state index in [0.29, 0.717) is 12.1 Å². The van der Waals surface area contributed by atoms with Crippen LogP contribution >= 0.6 is 0 Å². The Hall–Kier alpha value is -2.57. The van der Waals surface area contributed by atoms with Crippen molar-refractivity contribution in [1.29, 1.82) is 5.26 Å². The van der Waals surface area contributed by atoms with Crippen LogP contribution in [0.25, 0.3) is 0 Å². The van der Waals surface area contributed by atoms with E-state index in [-0.39, 0.29) is 12.5 Å². The molecule has 0 unspecified atom stereocenters. The first kappa shape index (κ1) is 14.8. The zero-order chi connectivity index (χ0) is 15.1. The number of nitriles is 1. The summed E-state index contributed by atoms with van der Waals surface area (Å²) in [5.74, 6) is 3.04. The molecule has 6 nitrogen and oxygen atoms in total. The molecule has 6 heteroatoms. The molecule has 2 rings (SSSR count). The van der Waals surface area contributed by atoms with Gasteiger partial charge in [0, 0.05) is 32.4 Å². The quantitative estimate of drug-likeness (QED) is 0.776. The number of anilines is 1. The van der Waals surface area contributed by atoms with Crippen LogP contribution in [0, 0.1) is 23.7 Å². The minimum atomic E-state index is -0.0584. The molecule has 1 amide bonds. The lowest BCUT2D eigenvalue weighted by atomic mass is 10.2. The monoisotopic (exact) mass is 283 g/mol. The van der Waals surface area contributed by atoms with Crippen LogP contribution in [0.5, 0.6) is 0 Å². The Bertz CT molecular complexity index is 578. The van der Waals surface area contributed by atoms with Crippen molar-refractivity contribution in [3.05, 3.63) is 23.9 Å². The highest BCUT2D eigenvalue weighted by Crippen LogP contribution is 2.17. The van der Waals surface area contributed by atoms with E-state index in [1.807, 2.05) is 0 Å². The van der Waals surface area contributed by atoms with E-state index in [2.05, 4.69) is 32.1 Å². The number of carbonyl (C=O) groups is 1. The summed E-state index contributed by atoms with van der Waals surface area (Å²) >= 11 is 0. The predicted molar refractivity (Wildman–Crippen MR) is 79.4 cm³/mol. The van der Waals surface area contributed by atoms with E-state index < -0.39 is 0 Å². The molecule has 0 aromatic carbocycles. The van der Waals surface area contributed by atoms with Crippen LogP contribution < -0.4 is 10.2 Å². The number of aromatic nitrogens is 1. The van der Waals surface area contributed by atoms with Gasteiger partial charge in [0.05, 0.1) is 18.7 Å². The first-order chi connectivity index (χ1) is 10.2. The van der Waals surface area contributed by atoms with Gasteiger partial charge in [-0.15, -0.1) is 6.42 Å². The number of nitrogens with zero attached hydrogens (tertiary/aromatic N) is 4. The SMILES string of the molecule is C#CCNC(=O)CN1CCN(c2ncccc2C#N)CC1. The lowest BCUT2D eigenvalue weighted by Gasteiger charge is -2.35. The summed E-state index contributed by atoms with van der Waals surface area (Å²) in [6, 6.07) is 5.68. The number of rotatable bonds is 4. The zero-order valence-electron chi connectivity index (χ0n) is 11.7. The van der Waals surface area contributed by atoms with Gasteiger partial charge in [-0.1, -0.05) is 5.92 Å². The molecule has 1 aromatic rings. The lowest BCUT2D eigenvalue weighted by molar-refractivity contribution is -0.122. The van der Waals surface area contributed by atoms with Crippen molar-refractivity contribution >= 4 is 11.7 Å². The molecule has 2 heterocycles. The molecule has 0 atom stereocenters. The molecular weight excluding hydrogens is 266 g/mol. The summed E-state index contributed by atoms with van der Waals surface area (Å²) in [4.78, 5) is 20.0. The molecule has 1 aliphatic rings. The highest BCUT2D eigenvalue weighted by molar-refractivity contribution is 5.78. The van der Waals surface area contributed by atoms with E-state index in [1.54, 1.807) is 18.3 Å². The Balaban J connectivity index is 1.88. The Morgan fingerprint density at radius 2 is 2.19 bits per heavy atom. The number of piperazine rings is 1. The third kappa shape index (κ3) is 3.95. The first-order valence-corrected chi connectivity index (χ1v) is 6.77. The van der Waals surface area contributed by atoms with Gasteiger partial charge >= 0.3 is 0 Å². The molecule has 1 N–H and O–H groups in total. The number of hydrogen-bond acceptors (Lipinski definition) is 5. The number of carbonyl (C=O) groups excluding carboxylic acids is 1. The van der Waals surface area contributed by atoms with Crippen molar-refractivity contribution in [2.75, 3.05) is 44.2 Å². The maximum atomic E-state index is 11.6. The van der Waals surface area contributed by atoms with Crippen molar-refractivity contribution in [3.63, 3.8) is 0 Å². The van der Waals surface area contributed by atoms with E-state index >= 15 is 0 Å². The highest BCUT2D eigenvalue weighted by atomic mass is 16.2. The molecule has 0 radical (unpaired) electrons. The maximum Gasteiger partial charge on any atom is 0.234 e.